The summed E-state index contributed by atoms with van der Waals surface area (Å²) < 4.78 is 5.68. The molecule has 0 bridgehead atoms. The molecule has 0 saturated carbocycles. The summed E-state index contributed by atoms with van der Waals surface area (Å²) in [4.78, 5) is 0. The van der Waals surface area contributed by atoms with Crippen LogP contribution in [-0.2, 0) is 6.42 Å². The van der Waals surface area contributed by atoms with E-state index in [1.807, 2.05) is 18.2 Å². The first-order valence-electron chi connectivity index (χ1n) is 10.7. The fourth-order valence-electron chi connectivity index (χ4n) is 2.99. The number of ether oxygens (including phenoxy) is 1. The predicted molar refractivity (Wildman–Crippen MR) is 116 cm³/mol. The summed E-state index contributed by atoms with van der Waals surface area (Å²) in [6, 6.07) is 13.3. The molecule has 0 aliphatic carbocycles. The first kappa shape index (κ1) is 21.9. The Morgan fingerprint density at radius 1 is 0.786 bits per heavy atom. The van der Waals surface area contributed by atoms with E-state index in [2.05, 4.69) is 36.2 Å². The van der Waals surface area contributed by atoms with Crippen molar-refractivity contribution in [2.45, 2.75) is 71.6 Å². The highest BCUT2D eigenvalue weighted by Gasteiger charge is 2.03. The number of aryl methyl sites for hydroxylation is 1. The van der Waals surface area contributed by atoms with Crippen LogP contribution < -0.4 is 4.74 Å². The van der Waals surface area contributed by atoms with Crippen LogP contribution in [0.1, 0.15) is 70.8 Å². The van der Waals surface area contributed by atoms with Gasteiger partial charge in [0, 0.05) is 6.07 Å². The van der Waals surface area contributed by atoms with Crippen LogP contribution in [0.4, 0.5) is 11.4 Å². The number of phenols is 1. The summed E-state index contributed by atoms with van der Waals surface area (Å²) in [5.74, 6) is 0.753. The van der Waals surface area contributed by atoms with Crippen molar-refractivity contribution in [3.8, 4) is 11.5 Å². The highest BCUT2D eigenvalue weighted by molar-refractivity contribution is 5.54. The van der Waals surface area contributed by atoms with Crippen molar-refractivity contribution in [1.29, 1.82) is 0 Å². The normalized spacial score (nSPS) is 11.2. The second-order valence-electron chi connectivity index (χ2n) is 7.24. The summed E-state index contributed by atoms with van der Waals surface area (Å²) in [5, 5.41) is 18.6. The third kappa shape index (κ3) is 8.12. The Morgan fingerprint density at radius 3 is 2.18 bits per heavy atom. The molecule has 0 unspecified atom stereocenters. The van der Waals surface area contributed by atoms with Crippen molar-refractivity contribution < 1.29 is 9.84 Å². The van der Waals surface area contributed by atoms with E-state index < -0.39 is 0 Å². The van der Waals surface area contributed by atoms with Crippen LogP contribution in [-0.4, -0.2) is 11.7 Å². The number of azo groups is 1. The van der Waals surface area contributed by atoms with Gasteiger partial charge in [-0.25, -0.2) is 0 Å². The summed E-state index contributed by atoms with van der Waals surface area (Å²) in [7, 11) is 0. The zero-order valence-corrected chi connectivity index (χ0v) is 17.4. The molecule has 0 atom stereocenters. The number of aromatic hydroxyl groups is 1. The van der Waals surface area contributed by atoms with Crippen molar-refractivity contribution in [2.24, 2.45) is 10.2 Å². The largest absolute Gasteiger partial charge is 0.505 e. The Labute approximate surface area is 169 Å². The number of benzene rings is 2. The van der Waals surface area contributed by atoms with E-state index in [1.165, 1.54) is 50.5 Å². The van der Waals surface area contributed by atoms with Gasteiger partial charge in [-0.05, 0) is 49.1 Å². The minimum atomic E-state index is 0.0855. The zero-order chi connectivity index (χ0) is 20.0. The van der Waals surface area contributed by atoms with Gasteiger partial charge in [-0.15, -0.1) is 5.11 Å². The topological polar surface area (TPSA) is 54.2 Å². The molecule has 0 saturated heterocycles. The number of rotatable bonds is 13. The molecule has 28 heavy (non-hydrogen) atoms. The van der Waals surface area contributed by atoms with E-state index in [-0.39, 0.29) is 5.75 Å². The van der Waals surface area contributed by atoms with E-state index in [1.54, 1.807) is 12.1 Å². The molecule has 0 fully saturated rings. The standard InChI is InChI=1S/C24H34N2O2/c1-3-5-7-9-11-20-12-14-21(15-13-20)25-26-23-17-16-22(19-24(23)27)28-18-10-8-6-4-2/h12-17,19,27H,3-11,18H2,1-2H3. The molecule has 2 rings (SSSR count). The number of hydrogen-bond acceptors (Lipinski definition) is 4. The molecule has 0 aromatic heterocycles. The van der Waals surface area contributed by atoms with Crippen molar-refractivity contribution in [3.05, 3.63) is 48.0 Å². The maximum Gasteiger partial charge on any atom is 0.146 e. The fraction of sp³-hybridized carbons (Fsp3) is 0.500. The van der Waals surface area contributed by atoms with Gasteiger partial charge in [0.15, 0.2) is 0 Å². The Balaban J connectivity index is 1.84. The minimum Gasteiger partial charge on any atom is -0.505 e. The number of unbranched alkanes of at least 4 members (excludes halogenated alkanes) is 6. The monoisotopic (exact) mass is 382 g/mol. The van der Waals surface area contributed by atoms with Crippen molar-refractivity contribution in [3.63, 3.8) is 0 Å². The van der Waals surface area contributed by atoms with Crippen LogP contribution in [0.15, 0.2) is 52.7 Å². The molecular weight excluding hydrogens is 348 g/mol. The summed E-state index contributed by atoms with van der Waals surface area (Å²) in [6.45, 7) is 5.09. The van der Waals surface area contributed by atoms with E-state index in [0.29, 0.717) is 18.0 Å². The van der Waals surface area contributed by atoms with Crippen LogP contribution >= 0.6 is 0 Å². The van der Waals surface area contributed by atoms with E-state index in [4.69, 9.17) is 4.74 Å². The van der Waals surface area contributed by atoms with E-state index >= 15 is 0 Å². The van der Waals surface area contributed by atoms with Gasteiger partial charge < -0.3 is 9.84 Å². The molecule has 2 aromatic carbocycles. The number of nitrogens with zero attached hydrogens (tertiary/aromatic N) is 2. The molecule has 1 N–H and O–H groups in total. The maximum absolute atomic E-state index is 10.2. The molecule has 0 radical (unpaired) electrons. The van der Waals surface area contributed by atoms with Crippen molar-refractivity contribution in [1.82, 2.24) is 0 Å². The molecule has 152 valence electrons. The zero-order valence-electron chi connectivity index (χ0n) is 17.4. The lowest BCUT2D eigenvalue weighted by Gasteiger charge is -2.07. The lowest BCUT2D eigenvalue weighted by atomic mass is 10.1. The lowest BCUT2D eigenvalue weighted by molar-refractivity contribution is 0.303. The molecule has 0 spiro atoms. The SMILES string of the molecule is CCCCCCOc1ccc(N=Nc2ccc(CCCCCC)cc2)c(O)c1. The molecule has 4 heteroatoms. The Hall–Kier alpha value is -2.36. The number of phenolic OH excluding ortho intramolecular Hbond substituents is 1. The van der Waals surface area contributed by atoms with Crippen LogP contribution in [0.25, 0.3) is 0 Å². The third-order valence-corrected chi connectivity index (χ3v) is 4.74. The van der Waals surface area contributed by atoms with Gasteiger partial charge in [0.25, 0.3) is 0 Å². The smallest absolute Gasteiger partial charge is 0.146 e. The van der Waals surface area contributed by atoms with Crippen molar-refractivity contribution >= 4 is 11.4 Å². The predicted octanol–water partition coefficient (Wildman–Crippen LogP) is 7.89. The maximum atomic E-state index is 10.2. The van der Waals surface area contributed by atoms with Crippen LogP contribution in [0.2, 0.25) is 0 Å². The van der Waals surface area contributed by atoms with Gasteiger partial charge in [0.1, 0.15) is 17.2 Å². The molecule has 0 heterocycles. The van der Waals surface area contributed by atoms with E-state index in [9.17, 15) is 5.11 Å². The second-order valence-corrected chi connectivity index (χ2v) is 7.24. The Kier molecular flexibility index (Phi) is 10.1. The molecular formula is C24H34N2O2. The van der Waals surface area contributed by atoms with Crippen LogP contribution in [0.3, 0.4) is 0 Å². The average molecular weight is 383 g/mol. The van der Waals surface area contributed by atoms with Crippen LogP contribution in [0, 0.1) is 0 Å². The molecule has 0 amide bonds. The van der Waals surface area contributed by atoms with Crippen LogP contribution in [0.5, 0.6) is 11.5 Å². The van der Waals surface area contributed by atoms with Gasteiger partial charge in [0.05, 0.1) is 12.3 Å². The van der Waals surface area contributed by atoms with Crippen molar-refractivity contribution in [2.75, 3.05) is 6.61 Å². The Bertz CT molecular complexity index is 711. The lowest BCUT2D eigenvalue weighted by Crippen LogP contribution is -1.96. The van der Waals surface area contributed by atoms with Gasteiger partial charge >= 0.3 is 0 Å². The molecule has 0 aliphatic rings. The highest BCUT2D eigenvalue weighted by Crippen LogP contribution is 2.32. The summed E-state index contributed by atoms with van der Waals surface area (Å²) >= 11 is 0. The third-order valence-electron chi connectivity index (χ3n) is 4.74. The molecule has 0 aliphatic heterocycles. The number of hydrogen-bond donors (Lipinski definition) is 1. The minimum absolute atomic E-state index is 0.0855. The molecule has 2 aromatic rings. The molecule has 4 nitrogen and oxygen atoms in total. The highest BCUT2D eigenvalue weighted by atomic mass is 16.5. The van der Waals surface area contributed by atoms with Gasteiger partial charge in [0.2, 0.25) is 0 Å². The fourth-order valence-corrected chi connectivity index (χ4v) is 2.99. The van der Waals surface area contributed by atoms with Gasteiger partial charge in [-0.2, -0.15) is 5.11 Å². The average Bonchev–Trinajstić information content (AvgIpc) is 2.71. The summed E-state index contributed by atoms with van der Waals surface area (Å²) in [6.07, 6.45) is 10.8. The Morgan fingerprint density at radius 2 is 1.50 bits per heavy atom. The van der Waals surface area contributed by atoms with Gasteiger partial charge in [-0.3, -0.25) is 0 Å². The van der Waals surface area contributed by atoms with E-state index in [0.717, 1.165) is 18.5 Å². The first-order valence-corrected chi connectivity index (χ1v) is 10.7. The van der Waals surface area contributed by atoms with Gasteiger partial charge in [-0.1, -0.05) is 64.5 Å². The quantitative estimate of drug-likeness (QED) is 0.283. The first-order chi connectivity index (χ1) is 13.7. The second kappa shape index (κ2) is 12.9. The summed E-state index contributed by atoms with van der Waals surface area (Å²) in [5.41, 5.74) is 2.56.